The number of Topliss-reactive ketones (excluding diaryl/α,β-unsaturated/α-hetero) is 1. The maximum absolute atomic E-state index is 13.3. The number of allylic oxidation sites excluding steroid dienone is 2. The van der Waals surface area contributed by atoms with E-state index in [4.69, 9.17) is 5.10 Å². The molecule has 2 aliphatic rings. The molecular weight excluding hydrogens is 362 g/mol. The fourth-order valence-electron chi connectivity index (χ4n) is 4.61. The van der Waals surface area contributed by atoms with Crippen LogP contribution in [0.4, 0.5) is 5.82 Å². The average Bonchev–Trinajstić information content (AvgIpc) is 3.03. The van der Waals surface area contributed by atoms with E-state index >= 15 is 0 Å². The molecule has 0 fully saturated rings. The Balaban J connectivity index is 1.76. The number of aromatic nitrogens is 4. The summed E-state index contributed by atoms with van der Waals surface area (Å²) in [6.07, 6.45) is 6.71. The van der Waals surface area contributed by atoms with Gasteiger partial charge in [0.25, 0.3) is 0 Å². The first kappa shape index (κ1) is 17.8. The van der Waals surface area contributed by atoms with Crippen LogP contribution < -0.4 is 5.32 Å². The molecule has 0 amide bonds. The molecule has 0 aromatic carbocycles. The number of pyridine rings is 2. The lowest BCUT2D eigenvalue weighted by Crippen LogP contribution is -2.34. The van der Waals surface area contributed by atoms with Gasteiger partial charge in [0.1, 0.15) is 5.82 Å². The molecule has 1 N–H and O–H groups in total. The van der Waals surface area contributed by atoms with Gasteiger partial charge in [-0.3, -0.25) is 9.78 Å². The standard InChI is InChI=1S/C23H23N5O/c1-14-19-20(15-7-10-24-11-8-15)21-16(12-23(2,3)13-17(21)29)26-22(19)28(27-14)18-6-4-5-9-25-18/h4-11,20,26H,12-13H2,1-3H3. The molecule has 6 heteroatoms. The third-order valence-electron chi connectivity index (χ3n) is 5.78. The highest BCUT2D eigenvalue weighted by Crippen LogP contribution is 2.50. The van der Waals surface area contributed by atoms with Crippen LogP contribution in [-0.4, -0.2) is 25.5 Å². The molecule has 5 rings (SSSR count). The highest BCUT2D eigenvalue weighted by molar-refractivity contribution is 6.01. The fourth-order valence-corrected chi connectivity index (χ4v) is 4.61. The monoisotopic (exact) mass is 385 g/mol. The summed E-state index contributed by atoms with van der Waals surface area (Å²) < 4.78 is 1.86. The summed E-state index contributed by atoms with van der Waals surface area (Å²) in [5, 5.41) is 8.37. The molecule has 1 aliphatic carbocycles. The molecule has 1 aliphatic heterocycles. The van der Waals surface area contributed by atoms with Gasteiger partial charge in [0.15, 0.2) is 11.6 Å². The van der Waals surface area contributed by atoms with E-state index in [-0.39, 0.29) is 17.1 Å². The Morgan fingerprint density at radius 3 is 2.62 bits per heavy atom. The maximum Gasteiger partial charge on any atom is 0.162 e. The van der Waals surface area contributed by atoms with Crippen LogP contribution in [0, 0.1) is 12.3 Å². The Morgan fingerprint density at radius 1 is 1.10 bits per heavy atom. The predicted molar refractivity (Wildman–Crippen MR) is 111 cm³/mol. The van der Waals surface area contributed by atoms with Crippen LogP contribution in [0.25, 0.3) is 5.82 Å². The van der Waals surface area contributed by atoms with Gasteiger partial charge in [-0.2, -0.15) is 9.78 Å². The summed E-state index contributed by atoms with van der Waals surface area (Å²) in [5.41, 5.74) is 4.78. The van der Waals surface area contributed by atoms with E-state index in [1.165, 1.54) is 0 Å². The molecule has 0 radical (unpaired) electrons. The highest BCUT2D eigenvalue weighted by Gasteiger charge is 2.43. The number of nitrogens with one attached hydrogen (secondary N) is 1. The minimum atomic E-state index is -0.148. The summed E-state index contributed by atoms with van der Waals surface area (Å²) in [5.74, 6) is 1.71. The average molecular weight is 385 g/mol. The van der Waals surface area contributed by atoms with E-state index in [2.05, 4.69) is 29.1 Å². The van der Waals surface area contributed by atoms with Gasteiger partial charge in [-0.15, -0.1) is 0 Å². The lowest BCUT2D eigenvalue weighted by atomic mass is 9.69. The number of nitrogens with zero attached hydrogens (tertiary/aromatic N) is 4. The number of carbonyl (C=O) groups excluding carboxylic acids is 1. The Labute approximate surface area is 169 Å². The summed E-state index contributed by atoms with van der Waals surface area (Å²) in [7, 11) is 0. The lowest BCUT2D eigenvalue weighted by molar-refractivity contribution is -0.118. The number of rotatable bonds is 2. The molecule has 0 saturated heterocycles. The molecule has 3 aromatic rings. The third-order valence-corrected chi connectivity index (χ3v) is 5.78. The van der Waals surface area contributed by atoms with Crippen molar-refractivity contribution >= 4 is 11.6 Å². The van der Waals surface area contributed by atoms with Crippen molar-refractivity contribution in [3.05, 3.63) is 77.0 Å². The Kier molecular flexibility index (Phi) is 3.91. The predicted octanol–water partition coefficient (Wildman–Crippen LogP) is 4.17. The Hall–Kier alpha value is -3.28. The quantitative estimate of drug-likeness (QED) is 0.717. The zero-order valence-electron chi connectivity index (χ0n) is 16.8. The van der Waals surface area contributed by atoms with Crippen LogP contribution in [0.15, 0.2) is 60.2 Å². The van der Waals surface area contributed by atoms with Gasteiger partial charge in [-0.05, 0) is 48.6 Å². The van der Waals surface area contributed by atoms with E-state index in [1.807, 2.05) is 41.9 Å². The molecule has 6 nitrogen and oxygen atoms in total. The van der Waals surface area contributed by atoms with E-state index in [9.17, 15) is 4.79 Å². The number of hydrogen-bond acceptors (Lipinski definition) is 5. The molecule has 146 valence electrons. The molecule has 29 heavy (non-hydrogen) atoms. The number of fused-ring (bicyclic) bond motifs is 1. The van der Waals surface area contributed by atoms with Crippen molar-refractivity contribution in [1.29, 1.82) is 0 Å². The van der Waals surface area contributed by atoms with Gasteiger partial charge < -0.3 is 5.32 Å². The number of hydrogen-bond donors (Lipinski definition) is 1. The smallest absolute Gasteiger partial charge is 0.162 e. The fraction of sp³-hybridized carbons (Fsp3) is 0.304. The second-order valence-corrected chi connectivity index (χ2v) is 8.62. The number of aryl methyl sites for hydroxylation is 1. The minimum Gasteiger partial charge on any atom is -0.343 e. The van der Waals surface area contributed by atoms with Gasteiger partial charge in [0, 0.05) is 47.8 Å². The first-order chi connectivity index (χ1) is 13.9. The molecule has 0 bridgehead atoms. The van der Waals surface area contributed by atoms with Crippen LogP contribution in [0.5, 0.6) is 0 Å². The molecular formula is C23H23N5O. The first-order valence-electron chi connectivity index (χ1n) is 9.89. The van der Waals surface area contributed by atoms with Crippen molar-refractivity contribution in [2.24, 2.45) is 5.41 Å². The zero-order chi connectivity index (χ0) is 20.2. The van der Waals surface area contributed by atoms with Gasteiger partial charge in [0.2, 0.25) is 0 Å². The number of carbonyl (C=O) groups is 1. The summed E-state index contributed by atoms with van der Waals surface area (Å²) in [6, 6.07) is 9.77. The molecule has 3 aromatic heterocycles. The Morgan fingerprint density at radius 2 is 1.90 bits per heavy atom. The second kappa shape index (κ2) is 6.37. The van der Waals surface area contributed by atoms with Crippen molar-refractivity contribution in [2.75, 3.05) is 5.32 Å². The summed E-state index contributed by atoms with van der Waals surface area (Å²) in [4.78, 5) is 21.9. The van der Waals surface area contributed by atoms with E-state index < -0.39 is 0 Å². The van der Waals surface area contributed by atoms with Crippen molar-refractivity contribution < 1.29 is 4.79 Å². The molecule has 4 heterocycles. The van der Waals surface area contributed by atoms with E-state index in [0.29, 0.717) is 6.42 Å². The van der Waals surface area contributed by atoms with Crippen molar-refractivity contribution in [3.8, 4) is 5.82 Å². The van der Waals surface area contributed by atoms with Gasteiger partial charge in [-0.25, -0.2) is 4.98 Å². The molecule has 0 spiro atoms. The summed E-state index contributed by atoms with van der Waals surface area (Å²) in [6.45, 7) is 6.29. The van der Waals surface area contributed by atoms with E-state index in [1.54, 1.807) is 18.6 Å². The van der Waals surface area contributed by atoms with Crippen molar-refractivity contribution in [2.45, 2.75) is 39.5 Å². The third kappa shape index (κ3) is 2.87. The van der Waals surface area contributed by atoms with Crippen molar-refractivity contribution in [1.82, 2.24) is 19.7 Å². The SMILES string of the molecule is Cc1nn(-c2ccccn2)c2c1C(c1ccncc1)C1=C(CC(C)(C)CC1=O)N2. The van der Waals surface area contributed by atoms with Gasteiger partial charge in [0.05, 0.1) is 5.69 Å². The van der Waals surface area contributed by atoms with Gasteiger partial charge in [-0.1, -0.05) is 19.9 Å². The van der Waals surface area contributed by atoms with Crippen LogP contribution in [0.1, 0.15) is 49.4 Å². The zero-order valence-corrected chi connectivity index (χ0v) is 16.8. The molecule has 1 atom stereocenters. The Bertz CT molecular complexity index is 1130. The minimum absolute atomic E-state index is 0.0753. The molecule has 0 saturated carbocycles. The lowest BCUT2D eigenvalue weighted by Gasteiger charge is -2.38. The highest BCUT2D eigenvalue weighted by atomic mass is 16.1. The first-order valence-corrected chi connectivity index (χ1v) is 9.89. The number of ketones is 1. The van der Waals surface area contributed by atoms with Crippen LogP contribution in [0.3, 0.4) is 0 Å². The molecule has 1 unspecified atom stereocenters. The summed E-state index contributed by atoms with van der Waals surface area (Å²) >= 11 is 0. The number of anilines is 1. The van der Waals surface area contributed by atoms with Crippen LogP contribution >= 0.6 is 0 Å². The maximum atomic E-state index is 13.3. The van der Waals surface area contributed by atoms with Crippen LogP contribution in [-0.2, 0) is 4.79 Å². The van der Waals surface area contributed by atoms with Crippen LogP contribution in [0.2, 0.25) is 0 Å². The topological polar surface area (TPSA) is 72.7 Å². The van der Waals surface area contributed by atoms with Crippen molar-refractivity contribution in [3.63, 3.8) is 0 Å². The second-order valence-electron chi connectivity index (χ2n) is 8.62. The van der Waals surface area contributed by atoms with E-state index in [0.717, 1.165) is 46.1 Å². The normalized spacial score (nSPS) is 20.1. The largest absolute Gasteiger partial charge is 0.343 e. The van der Waals surface area contributed by atoms with Gasteiger partial charge >= 0.3 is 0 Å².